The van der Waals surface area contributed by atoms with Gasteiger partial charge >= 0.3 is 24.3 Å². The molecule has 0 fully saturated rings. The van der Waals surface area contributed by atoms with Crippen molar-refractivity contribution < 1.29 is 50.9 Å². The second-order valence-electron chi connectivity index (χ2n) is 4.54. The Labute approximate surface area is 121 Å². The topological polar surface area (TPSA) is 104 Å². The highest BCUT2D eigenvalue weighted by Gasteiger charge is 2.38. The maximum atomic E-state index is 10.6. The van der Waals surface area contributed by atoms with E-state index in [0.29, 0.717) is 0 Å². The van der Waals surface area contributed by atoms with Crippen LogP contribution in [0.3, 0.4) is 0 Å². The Bertz CT molecular complexity index is 359. The number of carbonyl (C=O) groups is 3. The van der Waals surface area contributed by atoms with E-state index >= 15 is 0 Å². The van der Waals surface area contributed by atoms with Crippen molar-refractivity contribution in [2.24, 2.45) is 0 Å². The number of carbonyl (C=O) groups excluding carboxylic acids is 1. The van der Waals surface area contributed by atoms with Gasteiger partial charge in [0, 0.05) is 12.5 Å². The van der Waals surface area contributed by atoms with Crippen LogP contribution >= 0.6 is 0 Å². The van der Waals surface area contributed by atoms with Gasteiger partial charge in [-0.1, -0.05) is 0 Å². The summed E-state index contributed by atoms with van der Waals surface area (Å²) in [7, 11) is 0. The van der Waals surface area contributed by atoms with E-state index in [2.05, 4.69) is 5.32 Å². The summed E-state index contributed by atoms with van der Waals surface area (Å²) >= 11 is 0. The number of alkyl halides is 6. The van der Waals surface area contributed by atoms with Gasteiger partial charge in [-0.05, 0) is 20.8 Å². The molecule has 0 spiro atoms. The Kier molecular flexibility index (Phi) is 10.3. The molecule has 0 bridgehead atoms. The van der Waals surface area contributed by atoms with E-state index in [9.17, 15) is 31.1 Å². The minimum absolute atomic E-state index is 0.0255. The van der Waals surface area contributed by atoms with Crippen molar-refractivity contribution in [3.05, 3.63) is 0 Å². The van der Waals surface area contributed by atoms with Gasteiger partial charge in [0.05, 0.1) is 0 Å². The standard InChI is InChI=1S/C6H13NO.2C2HF3O2/c1-5(8)7-6(2,3)4;2*3-2(4,5)1(6)7/h1-4H3,(H,7,8);2*(H,6,7). The van der Waals surface area contributed by atoms with Crippen LogP contribution < -0.4 is 5.32 Å². The van der Waals surface area contributed by atoms with Crippen molar-refractivity contribution in [1.82, 2.24) is 5.32 Å². The van der Waals surface area contributed by atoms with Crippen LogP contribution in [0.25, 0.3) is 0 Å². The molecule has 0 aliphatic carbocycles. The lowest BCUT2D eigenvalue weighted by atomic mass is 10.1. The third kappa shape index (κ3) is 23.1. The van der Waals surface area contributed by atoms with Gasteiger partial charge in [0.15, 0.2) is 0 Å². The molecule has 22 heavy (non-hydrogen) atoms. The highest BCUT2D eigenvalue weighted by Crippen LogP contribution is 2.13. The predicted octanol–water partition coefficient (Wildman–Crippen LogP) is 2.19. The minimum atomic E-state index is -5.08. The van der Waals surface area contributed by atoms with Crippen LogP contribution in [0.1, 0.15) is 27.7 Å². The van der Waals surface area contributed by atoms with Crippen LogP contribution in [-0.2, 0) is 14.4 Å². The Hall–Kier alpha value is -2.01. The zero-order valence-corrected chi connectivity index (χ0v) is 11.9. The fourth-order valence-electron chi connectivity index (χ4n) is 0.528. The number of carboxylic acids is 2. The molecule has 1 amide bonds. The second-order valence-corrected chi connectivity index (χ2v) is 4.54. The highest BCUT2D eigenvalue weighted by atomic mass is 19.4. The van der Waals surface area contributed by atoms with Crippen molar-refractivity contribution in [3.63, 3.8) is 0 Å². The molecule has 0 aromatic rings. The lowest BCUT2D eigenvalue weighted by molar-refractivity contribution is -0.193. The van der Waals surface area contributed by atoms with E-state index in [4.69, 9.17) is 19.8 Å². The molecule has 0 unspecified atom stereocenters. The molecule has 0 saturated carbocycles. The molecule has 0 saturated heterocycles. The van der Waals surface area contributed by atoms with Crippen molar-refractivity contribution in [3.8, 4) is 0 Å². The van der Waals surface area contributed by atoms with Crippen molar-refractivity contribution in [2.45, 2.75) is 45.6 Å². The average molecular weight is 343 g/mol. The molecular formula is C10H15F6NO5. The van der Waals surface area contributed by atoms with Gasteiger partial charge in [-0.15, -0.1) is 0 Å². The maximum Gasteiger partial charge on any atom is 0.490 e. The minimum Gasteiger partial charge on any atom is -0.475 e. The molecule has 0 aliphatic rings. The fraction of sp³-hybridized carbons (Fsp3) is 0.700. The summed E-state index contributed by atoms with van der Waals surface area (Å²) in [6, 6.07) is 0. The van der Waals surface area contributed by atoms with Crippen LogP contribution in [-0.4, -0.2) is 46.0 Å². The van der Waals surface area contributed by atoms with Crippen molar-refractivity contribution in [1.29, 1.82) is 0 Å². The molecule has 12 heteroatoms. The zero-order valence-electron chi connectivity index (χ0n) is 11.9. The summed E-state index contributed by atoms with van der Waals surface area (Å²) in [5.74, 6) is -5.49. The first-order chi connectivity index (χ1) is 9.30. The lowest BCUT2D eigenvalue weighted by Gasteiger charge is -2.18. The van der Waals surface area contributed by atoms with E-state index in [1.807, 2.05) is 20.8 Å². The highest BCUT2D eigenvalue weighted by molar-refractivity contribution is 5.73. The predicted molar refractivity (Wildman–Crippen MR) is 61.0 cm³/mol. The normalized spacial score (nSPS) is 11.2. The Morgan fingerprint density at radius 2 is 0.955 bits per heavy atom. The molecular weight excluding hydrogens is 328 g/mol. The largest absolute Gasteiger partial charge is 0.490 e. The Balaban J connectivity index is -0.000000247. The zero-order chi connectivity index (χ0) is 18.9. The van der Waals surface area contributed by atoms with Crippen LogP contribution in [0, 0.1) is 0 Å². The van der Waals surface area contributed by atoms with Gasteiger partial charge < -0.3 is 15.5 Å². The molecule has 0 atom stereocenters. The van der Waals surface area contributed by atoms with Crippen LogP contribution in [0.2, 0.25) is 0 Å². The van der Waals surface area contributed by atoms with Crippen molar-refractivity contribution >= 4 is 17.8 Å². The molecule has 132 valence electrons. The van der Waals surface area contributed by atoms with Crippen LogP contribution in [0.4, 0.5) is 26.3 Å². The summed E-state index contributed by atoms with van der Waals surface area (Å²) in [4.78, 5) is 28.1. The molecule has 0 radical (unpaired) electrons. The molecule has 0 aliphatic heterocycles. The van der Waals surface area contributed by atoms with E-state index < -0.39 is 24.3 Å². The first kappa shape index (κ1) is 25.0. The van der Waals surface area contributed by atoms with E-state index in [1.165, 1.54) is 6.92 Å². The third-order valence-corrected chi connectivity index (χ3v) is 1.04. The summed E-state index contributed by atoms with van der Waals surface area (Å²) in [5, 5.41) is 17.0. The second kappa shape index (κ2) is 9.10. The van der Waals surface area contributed by atoms with Gasteiger partial charge in [0.25, 0.3) is 0 Å². The first-order valence-corrected chi connectivity index (χ1v) is 5.19. The number of rotatable bonds is 0. The number of nitrogens with one attached hydrogen (secondary N) is 1. The molecule has 0 aromatic heterocycles. The van der Waals surface area contributed by atoms with E-state index in [1.54, 1.807) is 0 Å². The maximum absolute atomic E-state index is 10.6. The molecule has 3 N–H and O–H groups in total. The SMILES string of the molecule is CC(=O)NC(C)(C)C.O=C(O)C(F)(F)F.O=C(O)C(F)(F)F. The summed E-state index contributed by atoms with van der Waals surface area (Å²) in [6.07, 6.45) is -10.2. The third-order valence-electron chi connectivity index (χ3n) is 1.04. The number of hydrogen-bond donors (Lipinski definition) is 3. The molecule has 6 nitrogen and oxygen atoms in total. The number of hydrogen-bond acceptors (Lipinski definition) is 3. The number of amides is 1. The first-order valence-electron chi connectivity index (χ1n) is 5.19. The van der Waals surface area contributed by atoms with E-state index in [0.717, 1.165) is 0 Å². The summed E-state index contributed by atoms with van der Waals surface area (Å²) in [6.45, 7) is 7.38. The summed E-state index contributed by atoms with van der Waals surface area (Å²) < 4.78 is 63.5. The Morgan fingerprint density at radius 3 is 0.955 bits per heavy atom. The van der Waals surface area contributed by atoms with Gasteiger partial charge in [-0.3, -0.25) is 4.79 Å². The quantitative estimate of drug-likeness (QED) is 0.585. The molecule has 0 heterocycles. The van der Waals surface area contributed by atoms with E-state index in [-0.39, 0.29) is 11.4 Å². The van der Waals surface area contributed by atoms with Crippen molar-refractivity contribution in [2.75, 3.05) is 0 Å². The average Bonchev–Trinajstić information content (AvgIpc) is 2.11. The summed E-state index contributed by atoms with van der Waals surface area (Å²) in [5.41, 5.74) is -0.0775. The Morgan fingerprint density at radius 1 is 0.773 bits per heavy atom. The number of aliphatic carboxylic acids is 2. The lowest BCUT2D eigenvalue weighted by Crippen LogP contribution is -2.38. The molecule has 0 rings (SSSR count). The van der Waals surface area contributed by atoms with Gasteiger partial charge in [-0.25, -0.2) is 9.59 Å². The van der Waals surface area contributed by atoms with Crippen LogP contribution in [0.5, 0.6) is 0 Å². The van der Waals surface area contributed by atoms with Gasteiger partial charge in [0.2, 0.25) is 5.91 Å². The monoisotopic (exact) mass is 343 g/mol. The van der Waals surface area contributed by atoms with Gasteiger partial charge in [0.1, 0.15) is 0 Å². The number of halogens is 6. The molecule has 0 aromatic carbocycles. The van der Waals surface area contributed by atoms with Crippen LogP contribution in [0.15, 0.2) is 0 Å². The number of carboxylic acid groups (broad SMARTS) is 2. The van der Waals surface area contributed by atoms with Gasteiger partial charge in [-0.2, -0.15) is 26.3 Å². The smallest absolute Gasteiger partial charge is 0.475 e. The fourth-order valence-corrected chi connectivity index (χ4v) is 0.528.